The molecule has 0 radical (unpaired) electrons. The van der Waals surface area contributed by atoms with Crippen LogP contribution in [-0.4, -0.2) is 33.8 Å². The highest BCUT2D eigenvalue weighted by molar-refractivity contribution is 14.0. The quantitative estimate of drug-likeness (QED) is 0.354. The fraction of sp³-hybridized carbons (Fsp3) is 0.350. The molecule has 2 aromatic carbocycles. The third-order valence-corrected chi connectivity index (χ3v) is 3.97. The molecule has 0 aliphatic heterocycles. The molecule has 2 rings (SSSR count). The van der Waals surface area contributed by atoms with Gasteiger partial charge in [0.25, 0.3) is 0 Å². The Morgan fingerprint density at radius 2 is 1.58 bits per heavy atom. The van der Waals surface area contributed by atoms with Gasteiger partial charge in [0.2, 0.25) is 0 Å². The number of hydrogen-bond acceptors (Lipinski definition) is 3. The molecule has 2 N–H and O–H groups in total. The molecule has 0 unspecified atom stereocenters. The molecule has 0 amide bonds. The first-order chi connectivity index (χ1) is 12.3. The van der Waals surface area contributed by atoms with Crippen LogP contribution in [0.4, 0.5) is 0 Å². The lowest BCUT2D eigenvalue weighted by Crippen LogP contribution is -2.38. The van der Waals surface area contributed by atoms with E-state index in [1.54, 1.807) is 21.3 Å². The van der Waals surface area contributed by atoms with Crippen molar-refractivity contribution in [2.75, 3.05) is 27.8 Å². The van der Waals surface area contributed by atoms with Gasteiger partial charge in [-0.05, 0) is 29.2 Å². The van der Waals surface area contributed by atoms with Crippen molar-refractivity contribution in [3.8, 4) is 5.75 Å². The van der Waals surface area contributed by atoms with E-state index in [1.807, 2.05) is 30.3 Å². The molecular weight excluding hydrogens is 441 g/mol. The normalized spacial score (nSPS) is 10.8. The van der Waals surface area contributed by atoms with Gasteiger partial charge in [-0.2, -0.15) is 0 Å². The minimum atomic E-state index is 0. The number of hydrogen-bond donors (Lipinski definition) is 2. The van der Waals surface area contributed by atoms with Gasteiger partial charge in [-0.1, -0.05) is 42.5 Å². The summed E-state index contributed by atoms with van der Waals surface area (Å²) in [6, 6.07) is 16.3. The number of rotatable bonds is 8. The number of nitrogens with one attached hydrogen (secondary N) is 2. The number of nitrogens with zero attached hydrogens (tertiary/aromatic N) is 1. The van der Waals surface area contributed by atoms with Gasteiger partial charge in [0.15, 0.2) is 5.96 Å². The van der Waals surface area contributed by atoms with E-state index in [0.717, 1.165) is 24.7 Å². The first kappa shape index (κ1) is 22.2. The van der Waals surface area contributed by atoms with Crippen molar-refractivity contribution in [2.45, 2.75) is 19.6 Å². The zero-order chi connectivity index (χ0) is 17.9. The van der Waals surface area contributed by atoms with Gasteiger partial charge >= 0.3 is 0 Å². The zero-order valence-corrected chi connectivity index (χ0v) is 17.9. The van der Waals surface area contributed by atoms with E-state index in [2.05, 4.69) is 33.8 Å². The maximum atomic E-state index is 5.39. The Kier molecular flexibility index (Phi) is 10.7. The molecule has 6 heteroatoms. The monoisotopic (exact) mass is 469 g/mol. The zero-order valence-electron chi connectivity index (χ0n) is 15.6. The fourth-order valence-electron chi connectivity index (χ4n) is 2.65. The molecule has 0 spiro atoms. The highest BCUT2D eigenvalue weighted by atomic mass is 127. The maximum Gasteiger partial charge on any atom is 0.191 e. The van der Waals surface area contributed by atoms with Crippen LogP contribution >= 0.6 is 24.0 Å². The van der Waals surface area contributed by atoms with Crippen molar-refractivity contribution in [3.63, 3.8) is 0 Å². The van der Waals surface area contributed by atoms with E-state index < -0.39 is 0 Å². The van der Waals surface area contributed by atoms with E-state index in [4.69, 9.17) is 9.47 Å². The van der Waals surface area contributed by atoms with Gasteiger partial charge in [-0.3, -0.25) is 4.99 Å². The highest BCUT2D eigenvalue weighted by Gasteiger charge is 2.05. The van der Waals surface area contributed by atoms with Gasteiger partial charge in [-0.15, -0.1) is 24.0 Å². The summed E-state index contributed by atoms with van der Waals surface area (Å²) in [6.45, 7) is 2.09. The van der Waals surface area contributed by atoms with Gasteiger partial charge in [0, 0.05) is 27.2 Å². The van der Waals surface area contributed by atoms with Crippen LogP contribution < -0.4 is 15.4 Å². The van der Waals surface area contributed by atoms with E-state index in [1.165, 1.54) is 16.7 Å². The van der Waals surface area contributed by atoms with Crippen molar-refractivity contribution in [1.29, 1.82) is 0 Å². The Morgan fingerprint density at radius 1 is 0.923 bits per heavy atom. The number of methoxy groups -OCH3 is 2. The van der Waals surface area contributed by atoms with Crippen LogP contribution in [0.15, 0.2) is 53.5 Å². The Hall–Kier alpha value is -1.80. The second-order valence-corrected chi connectivity index (χ2v) is 5.62. The lowest BCUT2D eigenvalue weighted by Gasteiger charge is -2.14. The highest BCUT2D eigenvalue weighted by Crippen LogP contribution is 2.17. The van der Waals surface area contributed by atoms with E-state index in [-0.39, 0.29) is 24.0 Å². The number of halogens is 1. The van der Waals surface area contributed by atoms with E-state index in [0.29, 0.717) is 13.2 Å². The number of guanidine groups is 1. The molecule has 0 aliphatic carbocycles. The Bertz CT molecular complexity index is 692. The van der Waals surface area contributed by atoms with Crippen LogP contribution in [0.25, 0.3) is 0 Å². The summed E-state index contributed by atoms with van der Waals surface area (Å²) >= 11 is 0. The average Bonchev–Trinajstić information content (AvgIpc) is 2.66. The molecule has 26 heavy (non-hydrogen) atoms. The number of para-hydroxylation sites is 1. The molecule has 0 aromatic heterocycles. The van der Waals surface area contributed by atoms with Crippen LogP contribution in [0.2, 0.25) is 0 Å². The Morgan fingerprint density at radius 3 is 2.23 bits per heavy atom. The summed E-state index contributed by atoms with van der Waals surface area (Å²) in [6.07, 6.45) is 0.866. The number of aliphatic imine (C=N–C) groups is 1. The third kappa shape index (κ3) is 6.84. The molecule has 0 atom stereocenters. The Labute approximate surface area is 173 Å². The summed E-state index contributed by atoms with van der Waals surface area (Å²) in [7, 11) is 5.19. The minimum Gasteiger partial charge on any atom is -0.496 e. The summed E-state index contributed by atoms with van der Waals surface area (Å²) in [4.78, 5) is 4.28. The van der Waals surface area contributed by atoms with Gasteiger partial charge < -0.3 is 20.1 Å². The number of ether oxygens (including phenoxy) is 2. The minimum absolute atomic E-state index is 0. The second-order valence-electron chi connectivity index (χ2n) is 5.62. The molecular formula is C20H28IN3O2. The van der Waals surface area contributed by atoms with Crippen LogP contribution in [0.3, 0.4) is 0 Å². The largest absolute Gasteiger partial charge is 0.496 e. The summed E-state index contributed by atoms with van der Waals surface area (Å²) < 4.78 is 10.6. The van der Waals surface area contributed by atoms with E-state index >= 15 is 0 Å². The van der Waals surface area contributed by atoms with Crippen molar-refractivity contribution in [3.05, 3.63) is 65.2 Å². The molecule has 0 bridgehead atoms. The summed E-state index contributed by atoms with van der Waals surface area (Å²) in [5.41, 5.74) is 3.57. The van der Waals surface area contributed by atoms with Crippen LogP contribution in [0, 0.1) is 0 Å². The van der Waals surface area contributed by atoms with Crippen LogP contribution in [0.5, 0.6) is 5.75 Å². The standard InChI is InChI=1S/C20H27N3O2.HI/c1-21-20(22-13-12-16-8-6-7-11-19(16)25-3)23-14-17-9-4-5-10-18(17)15-24-2;/h4-11H,12-15H2,1-3H3,(H2,21,22,23);1H. The summed E-state index contributed by atoms with van der Waals surface area (Å²) in [5, 5.41) is 6.69. The van der Waals surface area contributed by atoms with Gasteiger partial charge in [-0.25, -0.2) is 0 Å². The second kappa shape index (κ2) is 12.5. The van der Waals surface area contributed by atoms with Crippen molar-refractivity contribution >= 4 is 29.9 Å². The third-order valence-electron chi connectivity index (χ3n) is 3.97. The SMILES string of the molecule is CN=C(NCCc1ccccc1OC)NCc1ccccc1COC.I. The molecule has 2 aromatic rings. The van der Waals surface area contributed by atoms with Crippen molar-refractivity contribution < 1.29 is 9.47 Å². The first-order valence-electron chi connectivity index (χ1n) is 8.40. The van der Waals surface area contributed by atoms with Gasteiger partial charge in [0.1, 0.15) is 5.75 Å². The predicted octanol–water partition coefficient (Wildman–Crippen LogP) is 3.37. The topological polar surface area (TPSA) is 54.9 Å². The average molecular weight is 469 g/mol. The molecule has 0 aliphatic rings. The first-order valence-corrected chi connectivity index (χ1v) is 8.40. The number of benzene rings is 2. The fourth-order valence-corrected chi connectivity index (χ4v) is 2.65. The van der Waals surface area contributed by atoms with Crippen molar-refractivity contribution in [1.82, 2.24) is 10.6 Å². The van der Waals surface area contributed by atoms with Crippen LogP contribution in [-0.2, 0) is 24.3 Å². The molecule has 142 valence electrons. The lowest BCUT2D eigenvalue weighted by molar-refractivity contribution is 0.184. The Balaban J connectivity index is 0.00000338. The molecule has 0 fully saturated rings. The van der Waals surface area contributed by atoms with Gasteiger partial charge in [0.05, 0.1) is 13.7 Å². The molecule has 0 saturated carbocycles. The maximum absolute atomic E-state index is 5.39. The van der Waals surface area contributed by atoms with Crippen LogP contribution in [0.1, 0.15) is 16.7 Å². The molecule has 5 nitrogen and oxygen atoms in total. The predicted molar refractivity (Wildman–Crippen MR) is 117 cm³/mol. The van der Waals surface area contributed by atoms with Crippen molar-refractivity contribution in [2.24, 2.45) is 4.99 Å². The summed E-state index contributed by atoms with van der Waals surface area (Å²) in [5.74, 6) is 1.70. The molecule has 0 heterocycles. The smallest absolute Gasteiger partial charge is 0.191 e. The van der Waals surface area contributed by atoms with E-state index in [9.17, 15) is 0 Å². The lowest BCUT2D eigenvalue weighted by atomic mass is 10.1. The molecule has 0 saturated heterocycles.